The Kier molecular flexibility index (Phi) is 3.85. The monoisotopic (exact) mass is 363 g/mol. The minimum atomic E-state index is -0.327. The summed E-state index contributed by atoms with van der Waals surface area (Å²) in [6, 6.07) is 5.06. The Morgan fingerprint density at radius 2 is 2.08 bits per heavy atom. The van der Waals surface area contributed by atoms with Crippen LogP contribution in [0.4, 0.5) is 5.69 Å². The van der Waals surface area contributed by atoms with Gasteiger partial charge in [0.25, 0.3) is 0 Å². The van der Waals surface area contributed by atoms with Crippen LogP contribution in [0.3, 0.4) is 0 Å². The Hall–Kier alpha value is -1.85. The van der Waals surface area contributed by atoms with E-state index in [0.717, 1.165) is 24.1 Å². The van der Waals surface area contributed by atoms with Crippen molar-refractivity contribution in [3.8, 4) is 0 Å². The van der Waals surface area contributed by atoms with Gasteiger partial charge in [0.05, 0.1) is 15.7 Å². The van der Waals surface area contributed by atoms with Crippen LogP contribution in [0, 0.1) is 11.8 Å². The van der Waals surface area contributed by atoms with Gasteiger partial charge in [-0.25, -0.2) is 4.79 Å². The van der Waals surface area contributed by atoms with Gasteiger partial charge in [0.1, 0.15) is 0 Å². The zero-order chi connectivity index (χ0) is 16.8. The van der Waals surface area contributed by atoms with Gasteiger partial charge in [-0.05, 0) is 54.9 Å². The smallest absolute Gasteiger partial charge is 0.326 e. The summed E-state index contributed by atoms with van der Waals surface area (Å²) in [6.45, 7) is 0. The second-order valence-corrected chi connectivity index (χ2v) is 7.21. The molecule has 2 N–H and O–H groups in total. The molecule has 7 heteroatoms. The zero-order valence-electron chi connectivity index (χ0n) is 12.7. The molecule has 124 valence electrons. The van der Waals surface area contributed by atoms with Gasteiger partial charge >= 0.3 is 5.69 Å². The van der Waals surface area contributed by atoms with Crippen molar-refractivity contribution in [1.29, 1.82) is 0 Å². The van der Waals surface area contributed by atoms with Crippen molar-refractivity contribution in [3.63, 3.8) is 0 Å². The van der Waals surface area contributed by atoms with Gasteiger partial charge < -0.3 is 10.3 Å². The Labute approximate surface area is 148 Å². The van der Waals surface area contributed by atoms with Crippen LogP contribution in [0.5, 0.6) is 0 Å². The van der Waals surface area contributed by atoms with E-state index < -0.39 is 0 Å². The Morgan fingerprint density at radius 1 is 1.25 bits per heavy atom. The van der Waals surface area contributed by atoms with Crippen molar-refractivity contribution in [2.45, 2.75) is 25.2 Å². The predicted octanol–water partition coefficient (Wildman–Crippen LogP) is 3.38. The Balaban J connectivity index is 1.60. The molecule has 2 bridgehead atoms. The van der Waals surface area contributed by atoms with E-state index in [4.69, 9.17) is 23.2 Å². The largest absolute Gasteiger partial charge is 0.345 e. The number of benzene rings is 1. The molecule has 1 fully saturated rings. The maximum atomic E-state index is 12.8. The number of anilines is 1. The number of fused-ring (bicyclic) bond motifs is 4. The SMILES string of the molecule is O=C(Nc1ccc(Cl)c(Cl)c1)C1[C@@H]2CC[C@@H]1c1c[nH]c(=O)nc1C2. The average molecular weight is 364 g/mol. The number of H-pyrrole nitrogens is 1. The number of nitrogens with one attached hydrogen (secondary N) is 2. The topological polar surface area (TPSA) is 74.8 Å². The van der Waals surface area contributed by atoms with Gasteiger partial charge in [0.2, 0.25) is 5.91 Å². The molecule has 1 unspecified atom stereocenters. The van der Waals surface area contributed by atoms with E-state index in [1.165, 1.54) is 0 Å². The first-order valence-corrected chi connectivity index (χ1v) is 8.63. The van der Waals surface area contributed by atoms with Gasteiger partial charge in [0.15, 0.2) is 0 Å². The molecule has 0 spiro atoms. The summed E-state index contributed by atoms with van der Waals surface area (Å²) in [6.07, 6.45) is 4.30. The molecule has 4 rings (SSSR count). The molecule has 1 saturated carbocycles. The van der Waals surface area contributed by atoms with E-state index in [-0.39, 0.29) is 29.4 Å². The number of carbonyl (C=O) groups excluding carboxylic acids is 1. The van der Waals surface area contributed by atoms with Crippen molar-refractivity contribution in [2.24, 2.45) is 11.8 Å². The summed E-state index contributed by atoms with van der Waals surface area (Å²) < 4.78 is 0. The van der Waals surface area contributed by atoms with Crippen LogP contribution in [0.1, 0.15) is 30.0 Å². The molecule has 3 atom stereocenters. The number of halogens is 2. The van der Waals surface area contributed by atoms with Gasteiger partial charge in [-0.2, -0.15) is 4.98 Å². The fourth-order valence-electron chi connectivity index (χ4n) is 4.03. The highest BCUT2D eigenvalue weighted by atomic mass is 35.5. The summed E-state index contributed by atoms with van der Waals surface area (Å²) in [5.74, 6) is 0.197. The highest BCUT2D eigenvalue weighted by molar-refractivity contribution is 6.42. The quantitative estimate of drug-likeness (QED) is 0.858. The fraction of sp³-hybridized carbons (Fsp3) is 0.353. The van der Waals surface area contributed by atoms with Crippen molar-refractivity contribution >= 4 is 34.8 Å². The molecule has 0 aliphatic heterocycles. The molecule has 0 radical (unpaired) electrons. The van der Waals surface area contributed by atoms with E-state index in [0.29, 0.717) is 22.2 Å². The zero-order valence-corrected chi connectivity index (χ0v) is 14.2. The molecule has 2 aromatic rings. The first-order chi connectivity index (χ1) is 11.5. The van der Waals surface area contributed by atoms with Crippen LogP contribution in [-0.4, -0.2) is 15.9 Å². The lowest BCUT2D eigenvalue weighted by atomic mass is 9.76. The van der Waals surface area contributed by atoms with Gasteiger partial charge in [-0.1, -0.05) is 23.2 Å². The fourth-order valence-corrected chi connectivity index (χ4v) is 4.33. The molecule has 1 aromatic carbocycles. The summed E-state index contributed by atoms with van der Waals surface area (Å²) in [5.41, 5.74) is 2.15. The summed E-state index contributed by atoms with van der Waals surface area (Å²) >= 11 is 11.9. The molecule has 1 amide bonds. The lowest BCUT2D eigenvalue weighted by Gasteiger charge is -2.30. The number of aromatic nitrogens is 2. The van der Waals surface area contributed by atoms with Crippen LogP contribution in [0.15, 0.2) is 29.2 Å². The van der Waals surface area contributed by atoms with E-state index >= 15 is 0 Å². The molecular weight excluding hydrogens is 349 g/mol. The second kappa shape index (κ2) is 5.90. The number of rotatable bonds is 2. The van der Waals surface area contributed by atoms with E-state index in [1.54, 1.807) is 24.4 Å². The first kappa shape index (κ1) is 15.7. The molecular formula is C17H15Cl2N3O2. The number of nitrogens with zero attached hydrogens (tertiary/aromatic N) is 1. The molecule has 0 saturated heterocycles. The van der Waals surface area contributed by atoms with Crippen LogP contribution in [-0.2, 0) is 11.2 Å². The lowest BCUT2D eigenvalue weighted by molar-refractivity contribution is -0.121. The van der Waals surface area contributed by atoms with Gasteiger partial charge in [0, 0.05) is 17.8 Å². The molecule has 1 aromatic heterocycles. The maximum Gasteiger partial charge on any atom is 0.345 e. The summed E-state index contributed by atoms with van der Waals surface area (Å²) in [7, 11) is 0. The highest BCUT2D eigenvalue weighted by Gasteiger charge is 2.46. The van der Waals surface area contributed by atoms with Crippen LogP contribution in [0.2, 0.25) is 10.0 Å². The molecule has 2 aliphatic rings. The maximum absolute atomic E-state index is 12.8. The molecule has 2 aliphatic carbocycles. The minimum absolute atomic E-state index is 0.0160. The molecule has 1 heterocycles. The second-order valence-electron chi connectivity index (χ2n) is 6.40. The van der Waals surface area contributed by atoms with E-state index in [9.17, 15) is 9.59 Å². The summed E-state index contributed by atoms with van der Waals surface area (Å²) in [4.78, 5) is 31.0. The van der Waals surface area contributed by atoms with Crippen molar-refractivity contribution in [1.82, 2.24) is 9.97 Å². The normalized spacial score (nSPS) is 24.5. The number of carbonyl (C=O) groups is 1. The van der Waals surface area contributed by atoms with Crippen molar-refractivity contribution in [3.05, 3.63) is 56.2 Å². The third-order valence-corrected chi connectivity index (χ3v) is 5.79. The van der Waals surface area contributed by atoms with E-state index in [1.807, 2.05) is 0 Å². The third kappa shape index (κ3) is 2.62. The Bertz CT molecular complexity index is 880. The number of hydrogen-bond acceptors (Lipinski definition) is 3. The van der Waals surface area contributed by atoms with Crippen molar-refractivity contribution in [2.75, 3.05) is 5.32 Å². The predicted molar refractivity (Wildman–Crippen MR) is 92.6 cm³/mol. The minimum Gasteiger partial charge on any atom is -0.326 e. The van der Waals surface area contributed by atoms with Crippen LogP contribution >= 0.6 is 23.2 Å². The summed E-state index contributed by atoms with van der Waals surface area (Å²) in [5, 5.41) is 3.81. The number of aromatic amines is 1. The third-order valence-electron chi connectivity index (χ3n) is 5.06. The standard InChI is InChI=1S/C17H15Cl2N3O2/c18-12-4-2-9(6-13(12)19)21-16(23)15-8-1-3-10(15)11-7-20-17(24)22-14(11)5-8/h2,4,6-8,10,15H,1,3,5H2,(H,21,23)(H,20,22,24)/t8-,10-,15?/m1/s1. The Morgan fingerprint density at radius 3 is 2.88 bits per heavy atom. The van der Waals surface area contributed by atoms with Crippen LogP contribution < -0.4 is 11.0 Å². The average Bonchev–Trinajstić information content (AvgIpc) is 2.86. The number of hydrogen-bond donors (Lipinski definition) is 2. The lowest BCUT2D eigenvalue weighted by Crippen LogP contribution is -2.35. The molecule has 24 heavy (non-hydrogen) atoms. The highest BCUT2D eigenvalue weighted by Crippen LogP contribution is 2.49. The first-order valence-electron chi connectivity index (χ1n) is 7.87. The molecule has 5 nitrogen and oxygen atoms in total. The van der Waals surface area contributed by atoms with Gasteiger partial charge in [-0.3, -0.25) is 4.79 Å². The van der Waals surface area contributed by atoms with Crippen LogP contribution in [0.25, 0.3) is 0 Å². The number of amides is 1. The van der Waals surface area contributed by atoms with Crippen molar-refractivity contribution < 1.29 is 4.79 Å². The van der Waals surface area contributed by atoms with E-state index in [2.05, 4.69) is 15.3 Å². The van der Waals surface area contributed by atoms with Gasteiger partial charge in [-0.15, -0.1) is 0 Å².